The highest BCUT2D eigenvalue weighted by atomic mass is 16.8. The number of ether oxygens (including phenoxy) is 6. The SMILES string of the molecule is CC/C=C\C/C=C\C/C=C\C/C=C\C/C=C\CCCCCC(=O)NC(COC1OC(CO)C(OC2OC(CO)C(OC3OC(CO)C(O)C(O)C3O)C(O)C2O)C(O)C1O)C(O)CCCCCCCCCCCCCCCCCCCCCCCCCCCCCCCCCC. The number of hydrogen-bond acceptors (Lipinski definition) is 18. The van der Waals surface area contributed by atoms with Gasteiger partial charge >= 0.3 is 0 Å². The molecule has 1 amide bonds. The monoisotopic (exact) mass is 1370 g/mol. The van der Waals surface area contributed by atoms with Gasteiger partial charge in [-0.05, 0) is 57.8 Å². The minimum atomic E-state index is -1.98. The van der Waals surface area contributed by atoms with Crippen LogP contribution in [0.2, 0.25) is 0 Å². The van der Waals surface area contributed by atoms with Crippen LogP contribution < -0.4 is 5.32 Å². The maximum atomic E-state index is 13.4. The van der Waals surface area contributed by atoms with Crippen LogP contribution in [0.15, 0.2) is 60.8 Å². The van der Waals surface area contributed by atoms with Crippen molar-refractivity contribution in [2.75, 3.05) is 26.4 Å². The number of carbonyl (C=O) groups excluding carboxylic acids is 1. The van der Waals surface area contributed by atoms with E-state index >= 15 is 0 Å². The van der Waals surface area contributed by atoms with Crippen molar-refractivity contribution in [3.05, 3.63) is 60.8 Å². The summed E-state index contributed by atoms with van der Waals surface area (Å²) in [5.74, 6) is -0.273. The molecule has 0 bridgehead atoms. The molecule has 0 aliphatic carbocycles. The van der Waals surface area contributed by atoms with Gasteiger partial charge in [-0.3, -0.25) is 4.79 Å². The third-order valence-electron chi connectivity index (χ3n) is 19.1. The first-order chi connectivity index (χ1) is 46.8. The van der Waals surface area contributed by atoms with Crippen LogP contribution in [0.5, 0.6) is 0 Å². The Hall–Kier alpha value is -2.51. The number of rotatable bonds is 60. The van der Waals surface area contributed by atoms with Crippen LogP contribution in [0, 0.1) is 0 Å². The van der Waals surface area contributed by atoms with Crippen LogP contribution in [-0.4, -0.2) is 193 Å². The Morgan fingerprint density at radius 2 is 0.719 bits per heavy atom. The third-order valence-corrected chi connectivity index (χ3v) is 19.1. The minimum absolute atomic E-state index is 0.225. The molecular weight excluding hydrogens is 1230 g/mol. The molecule has 17 atom stereocenters. The molecule has 0 aromatic heterocycles. The van der Waals surface area contributed by atoms with Crippen molar-refractivity contribution in [1.29, 1.82) is 0 Å². The molecule has 3 heterocycles. The van der Waals surface area contributed by atoms with Crippen LogP contribution in [0.1, 0.15) is 290 Å². The average molecular weight is 1370 g/mol. The summed E-state index contributed by atoms with van der Waals surface area (Å²) in [7, 11) is 0. The number of aliphatic hydroxyl groups excluding tert-OH is 11. The molecule has 3 fully saturated rings. The fourth-order valence-electron chi connectivity index (χ4n) is 12.9. The fraction of sp³-hybridized carbons (Fsp3) is 0.857. The number of nitrogens with one attached hydrogen (secondary N) is 1. The van der Waals surface area contributed by atoms with Crippen LogP contribution in [0.3, 0.4) is 0 Å². The molecule has 17 unspecified atom stereocenters. The van der Waals surface area contributed by atoms with Crippen LogP contribution >= 0.6 is 0 Å². The van der Waals surface area contributed by atoms with Gasteiger partial charge in [0.1, 0.15) is 73.2 Å². The predicted octanol–water partition coefficient (Wildman–Crippen LogP) is 11.9. The van der Waals surface area contributed by atoms with E-state index in [4.69, 9.17) is 28.4 Å². The molecule has 3 rings (SSSR count). The average Bonchev–Trinajstić information content (AvgIpc) is 0.798. The van der Waals surface area contributed by atoms with Gasteiger partial charge in [0.05, 0.1) is 38.6 Å². The molecule has 0 saturated carbocycles. The first kappa shape index (κ1) is 87.7. The molecule has 3 aliphatic rings. The second-order valence-electron chi connectivity index (χ2n) is 27.4. The van der Waals surface area contributed by atoms with Crippen molar-refractivity contribution in [2.45, 2.75) is 394 Å². The lowest BCUT2D eigenvalue weighted by molar-refractivity contribution is -0.379. The maximum absolute atomic E-state index is 13.4. The zero-order valence-corrected chi connectivity index (χ0v) is 59.6. The van der Waals surface area contributed by atoms with Crippen LogP contribution in [0.4, 0.5) is 0 Å². The van der Waals surface area contributed by atoms with Gasteiger partial charge in [-0.15, -0.1) is 0 Å². The Labute approximate surface area is 579 Å². The molecular formula is C77H139NO18. The van der Waals surface area contributed by atoms with Crippen molar-refractivity contribution in [3.63, 3.8) is 0 Å². The van der Waals surface area contributed by atoms with Crippen molar-refractivity contribution < 1.29 is 89.4 Å². The summed E-state index contributed by atoms with van der Waals surface area (Å²) in [6.45, 7) is 1.69. The Morgan fingerprint density at radius 3 is 1.11 bits per heavy atom. The van der Waals surface area contributed by atoms with E-state index in [0.717, 1.165) is 77.0 Å². The van der Waals surface area contributed by atoms with E-state index in [9.17, 15) is 61.0 Å². The molecule has 560 valence electrons. The molecule has 19 heteroatoms. The van der Waals surface area contributed by atoms with Crippen molar-refractivity contribution >= 4 is 5.91 Å². The van der Waals surface area contributed by atoms with E-state index in [2.05, 4.69) is 79.9 Å². The summed E-state index contributed by atoms with van der Waals surface area (Å²) in [5.41, 5.74) is 0. The molecule has 19 nitrogen and oxygen atoms in total. The molecule has 3 aliphatic heterocycles. The molecule has 0 spiro atoms. The van der Waals surface area contributed by atoms with Crippen LogP contribution in [-0.2, 0) is 33.2 Å². The first-order valence-corrected chi connectivity index (χ1v) is 38.5. The Balaban J connectivity index is 1.37. The quantitative estimate of drug-likeness (QED) is 0.0199. The number of amides is 1. The van der Waals surface area contributed by atoms with Crippen molar-refractivity contribution in [3.8, 4) is 0 Å². The topological polar surface area (TPSA) is 307 Å². The molecule has 0 radical (unpaired) electrons. The normalized spacial score (nSPS) is 27.4. The Kier molecular flexibility index (Phi) is 53.0. The molecule has 0 aromatic carbocycles. The molecule has 96 heavy (non-hydrogen) atoms. The van der Waals surface area contributed by atoms with Crippen molar-refractivity contribution in [1.82, 2.24) is 5.32 Å². The summed E-state index contributed by atoms with van der Waals surface area (Å²) >= 11 is 0. The van der Waals surface area contributed by atoms with Gasteiger partial charge in [0.25, 0.3) is 0 Å². The summed E-state index contributed by atoms with van der Waals surface area (Å²) in [5, 5.41) is 121. The zero-order valence-electron chi connectivity index (χ0n) is 59.6. The van der Waals surface area contributed by atoms with Gasteiger partial charge < -0.3 is 89.9 Å². The number of allylic oxidation sites excluding steroid dienone is 10. The zero-order chi connectivity index (χ0) is 69.6. The lowest BCUT2D eigenvalue weighted by Gasteiger charge is -2.48. The smallest absolute Gasteiger partial charge is 0.220 e. The number of carbonyl (C=O) groups is 1. The van der Waals surface area contributed by atoms with Gasteiger partial charge in [-0.1, -0.05) is 286 Å². The minimum Gasteiger partial charge on any atom is -0.394 e. The largest absolute Gasteiger partial charge is 0.394 e. The highest BCUT2D eigenvalue weighted by Crippen LogP contribution is 2.33. The molecule has 12 N–H and O–H groups in total. The van der Waals surface area contributed by atoms with Gasteiger partial charge in [0, 0.05) is 6.42 Å². The lowest BCUT2D eigenvalue weighted by atomic mass is 9.96. The second kappa shape index (κ2) is 58.0. The van der Waals surface area contributed by atoms with E-state index < -0.39 is 124 Å². The van der Waals surface area contributed by atoms with Gasteiger partial charge in [0.2, 0.25) is 5.91 Å². The number of unbranched alkanes of at least 4 members (excludes halogenated alkanes) is 34. The highest BCUT2D eigenvalue weighted by molar-refractivity contribution is 5.76. The van der Waals surface area contributed by atoms with Gasteiger partial charge in [-0.2, -0.15) is 0 Å². The summed E-state index contributed by atoms with van der Waals surface area (Å²) < 4.78 is 34.5. The molecule has 0 aromatic rings. The van der Waals surface area contributed by atoms with E-state index in [1.807, 2.05) is 0 Å². The Morgan fingerprint density at radius 1 is 0.385 bits per heavy atom. The first-order valence-electron chi connectivity index (χ1n) is 38.5. The summed E-state index contributed by atoms with van der Waals surface area (Å²) in [6, 6.07) is -0.910. The standard InChI is InChI=1S/C77H139NO18/c1-3-5-7-9-11-13-15-17-19-21-23-24-25-26-27-28-29-30-31-32-33-34-35-37-38-40-42-44-46-48-50-52-54-61(82)60(78-65(83)55-53-51-49-47-45-43-41-39-36-22-20-18-16-14-12-10-8-6-4-2)59-91-75-71(89)68(86)73(63(57-80)93-75)96-77-72(90)69(87)74(64(58-81)94-77)95-76-70(88)67(85)66(84)62(56-79)92-76/h6,8,12,14,18,20,36,39,43,45,60-64,66-77,79-82,84-90H,3-5,7,9-11,13,15-17,19,21-35,37-38,40-42,44,46-59H2,1-2H3,(H,78,83)/b8-6-,14-12-,20-18-,39-36-,45-43-. The summed E-state index contributed by atoms with van der Waals surface area (Å²) in [6.07, 6.45) is 46.1. The van der Waals surface area contributed by atoms with Gasteiger partial charge in [0.15, 0.2) is 18.9 Å². The maximum Gasteiger partial charge on any atom is 0.220 e. The van der Waals surface area contributed by atoms with E-state index in [1.165, 1.54) is 180 Å². The summed E-state index contributed by atoms with van der Waals surface area (Å²) in [4.78, 5) is 13.4. The predicted molar refractivity (Wildman–Crippen MR) is 379 cm³/mol. The van der Waals surface area contributed by atoms with E-state index in [-0.39, 0.29) is 18.9 Å². The van der Waals surface area contributed by atoms with Crippen molar-refractivity contribution in [2.24, 2.45) is 0 Å². The third kappa shape index (κ3) is 38.5. The van der Waals surface area contributed by atoms with E-state index in [0.29, 0.717) is 12.8 Å². The second-order valence-corrected chi connectivity index (χ2v) is 27.4. The van der Waals surface area contributed by atoms with Gasteiger partial charge in [-0.25, -0.2) is 0 Å². The highest BCUT2D eigenvalue weighted by Gasteiger charge is 2.53. The van der Waals surface area contributed by atoms with E-state index in [1.54, 1.807) is 0 Å². The Bertz CT molecular complexity index is 1970. The lowest BCUT2D eigenvalue weighted by Crippen LogP contribution is -2.66. The fourth-order valence-corrected chi connectivity index (χ4v) is 12.9. The number of hydrogen-bond donors (Lipinski definition) is 12. The van der Waals surface area contributed by atoms with Crippen LogP contribution in [0.25, 0.3) is 0 Å². The number of aliphatic hydroxyl groups is 11. The molecule has 3 saturated heterocycles.